The maximum absolute atomic E-state index is 12.9. The van der Waals surface area contributed by atoms with Crippen molar-refractivity contribution in [1.82, 2.24) is 4.31 Å². The zero-order chi connectivity index (χ0) is 16.5. The van der Waals surface area contributed by atoms with E-state index in [9.17, 15) is 8.42 Å². The molecule has 6 nitrogen and oxygen atoms in total. The van der Waals surface area contributed by atoms with Crippen LogP contribution in [-0.4, -0.2) is 52.2 Å². The molecular weight excluding hydrogens is 306 g/mol. The number of hydrogen-bond acceptors (Lipinski definition) is 5. The maximum Gasteiger partial charge on any atom is 0.243 e. The fraction of sp³-hybridized carbons (Fsp3) is 0.600. The molecule has 1 aromatic rings. The van der Waals surface area contributed by atoms with Crippen molar-refractivity contribution < 1.29 is 22.6 Å². The second-order valence-electron chi connectivity index (χ2n) is 5.55. The molecule has 1 saturated heterocycles. The Morgan fingerprint density at radius 2 is 1.59 bits per heavy atom. The minimum absolute atomic E-state index is 0.126. The van der Waals surface area contributed by atoms with Crippen molar-refractivity contribution in [3.63, 3.8) is 0 Å². The monoisotopic (exact) mass is 329 g/mol. The molecule has 0 unspecified atom stereocenters. The first-order chi connectivity index (χ1) is 10.3. The zero-order valence-electron chi connectivity index (χ0n) is 13.6. The summed E-state index contributed by atoms with van der Waals surface area (Å²) in [7, 11) is -0.585. The Morgan fingerprint density at radius 1 is 1.09 bits per heavy atom. The summed E-state index contributed by atoms with van der Waals surface area (Å²) in [6.45, 7) is 6.20. The Bertz CT molecular complexity index is 634. The minimum Gasteiger partial charge on any atom is -0.493 e. The summed E-state index contributed by atoms with van der Waals surface area (Å²) in [6, 6.07) is 3.20. The average molecular weight is 329 g/mol. The summed E-state index contributed by atoms with van der Waals surface area (Å²) in [4.78, 5) is 0.242. The van der Waals surface area contributed by atoms with Gasteiger partial charge in [-0.3, -0.25) is 0 Å². The molecule has 0 radical (unpaired) electrons. The van der Waals surface area contributed by atoms with Gasteiger partial charge in [0.2, 0.25) is 10.0 Å². The summed E-state index contributed by atoms with van der Waals surface area (Å²) in [5.74, 6) is 0.920. The van der Waals surface area contributed by atoms with Gasteiger partial charge in [-0.1, -0.05) is 0 Å². The van der Waals surface area contributed by atoms with Crippen molar-refractivity contribution in [3.05, 3.63) is 17.7 Å². The third-order valence-corrected chi connectivity index (χ3v) is 5.66. The van der Waals surface area contributed by atoms with Gasteiger partial charge in [-0.15, -0.1) is 0 Å². The van der Waals surface area contributed by atoms with Crippen LogP contribution in [0.5, 0.6) is 11.5 Å². The molecule has 1 aliphatic heterocycles. The van der Waals surface area contributed by atoms with Gasteiger partial charge in [0, 0.05) is 19.2 Å². The second kappa shape index (κ2) is 6.44. The molecular formula is C15H23NO5S. The van der Waals surface area contributed by atoms with Crippen LogP contribution < -0.4 is 9.47 Å². The van der Waals surface area contributed by atoms with Crippen molar-refractivity contribution in [1.29, 1.82) is 0 Å². The number of morpholine rings is 1. The lowest BCUT2D eigenvalue weighted by Gasteiger charge is -2.34. The van der Waals surface area contributed by atoms with E-state index in [0.717, 1.165) is 0 Å². The van der Waals surface area contributed by atoms with E-state index in [-0.39, 0.29) is 17.1 Å². The van der Waals surface area contributed by atoms with E-state index in [2.05, 4.69) is 0 Å². The quantitative estimate of drug-likeness (QED) is 0.843. The van der Waals surface area contributed by atoms with Crippen LogP contribution in [0.2, 0.25) is 0 Å². The van der Waals surface area contributed by atoms with Gasteiger partial charge in [-0.25, -0.2) is 8.42 Å². The minimum atomic E-state index is -3.60. The standard InChI is InChI=1S/C15H23NO5S/c1-10-6-13(19-4)14(20-5)7-15(10)22(17,18)16-8-11(2)21-12(3)9-16/h6-7,11-12H,8-9H2,1-5H3/t11-,12+. The molecule has 0 bridgehead atoms. The summed E-state index contributed by atoms with van der Waals surface area (Å²) in [5, 5.41) is 0. The average Bonchev–Trinajstić information content (AvgIpc) is 2.45. The third kappa shape index (κ3) is 3.21. The smallest absolute Gasteiger partial charge is 0.243 e. The summed E-state index contributed by atoms with van der Waals surface area (Å²) in [5.41, 5.74) is 0.629. The molecule has 0 aliphatic carbocycles. The van der Waals surface area contributed by atoms with Crippen molar-refractivity contribution in [2.75, 3.05) is 27.3 Å². The van der Waals surface area contributed by atoms with Gasteiger partial charge < -0.3 is 14.2 Å². The maximum atomic E-state index is 12.9. The van der Waals surface area contributed by atoms with E-state index in [1.807, 2.05) is 13.8 Å². The topological polar surface area (TPSA) is 65.1 Å². The first-order valence-corrected chi connectivity index (χ1v) is 8.61. The lowest BCUT2D eigenvalue weighted by Crippen LogP contribution is -2.48. The Kier molecular flexibility index (Phi) is 4.99. The molecule has 0 spiro atoms. The van der Waals surface area contributed by atoms with Crippen LogP contribution in [0.4, 0.5) is 0 Å². The highest BCUT2D eigenvalue weighted by Gasteiger charge is 2.33. The van der Waals surface area contributed by atoms with Crippen molar-refractivity contribution in [2.45, 2.75) is 37.9 Å². The van der Waals surface area contributed by atoms with Gasteiger partial charge in [0.15, 0.2) is 11.5 Å². The van der Waals surface area contributed by atoms with Crippen LogP contribution in [0.25, 0.3) is 0 Å². The van der Waals surface area contributed by atoms with Crippen LogP contribution in [0.15, 0.2) is 17.0 Å². The van der Waals surface area contributed by atoms with Gasteiger partial charge in [-0.05, 0) is 32.4 Å². The van der Waals surface area contributed by atoms with Gasteiger partial charge >= 0.3 is 0 Å². The highest BCUT2D eigenvalue weighted by molar-refractivity contribution is 7.89. The van der Waals surface area contributed by atoms with Crippen LogP contribution in [0.3, 0.4) is 0 Å². The van der Waals surface area contributed by atoms with Crippen molar-refractivity contribution in [2.24, 2.45) is 0 Å². The normalized spacial score (nSPS) is 23.3. The van der Waals surface area contributed by atoms with Gasteiger partial charge in [0.25, 0.3) is 0 Å². The van der Waals surface area contributed by atoms with Gasteiger partial charge in [-0.2, -0.15) is 4.31 Å². The Balaban J connectivity index is 2.45. The molecule has 22 heavy (non-hydrogen) atoms. The first kappa shape index (κ1) is 17.1. The largest absolute Gasteiger partial charge is 0.493 e. The highest BCUT2D eigenvalue weighted by Crippen LogP contribution is 2.34. The lowest BCUT2D eigenvalue weighted by molar-refractivity contribution is -0.0441. The van der Waals surface area contributed by atoms with Crippen molar-refractivity contribution >= 4 is 10.0 Å². The third-order valence-electron chi connectivity index (χ3n) is 3.69. The van der Waals surface area contributed by atoms with Crippen LogP contribution in [0.1, 0.15) is 19.4 Å². The van der Waals surface area contributed by atoms with Gasteiger partial charge in [0.05, 0.1) is 31.3 Å². The van der Waals surface area contributed by atoms with Crippen LogP contribution >= 0.6 is 0 Å². The molecule has 1 aliphatic rings. The van der Waals surface area contributed by atoms with E-state index < -0.39 is 10.0 Å². The molecule has 2 rings (SSSR count). The van der Waals surface area contributed by atoms with E-state index in [4.69, 9.17) is 14.2 Å². The fourth-order valence-corrected chi connectivity index (χ4v) is 4.52. The van der Waals surface area contributed by atoms with E-state index >= 15 is 0 Å². The molecule has 124 valence electrons. The van der Waals surface area contributed by atoms with E-state index in [1.165, 1.54) is 24.6 Å². The molecule has 1 aromatic carbocycles. The van der Waals surface area contributed by atoms with E-state index in [1.54, 1.807) is 13.0 Å². The summed E-state index contributed by atoms with van der Waals surface area (Å²) in [6.07, 6.45) is -0.252. The first-order valence-electron chi connectivity index (χ1n) is 7.17. The lowest BCUT2D eigenvalue weighted by atomic mass is 10.2. The molecule has 1 heterocycles. The number of rotatable bonds is 4. The number of ether oxygens (including phenoxy) is 3. The summed E-state index contributed by atoms with van der Waals surface area (Å²) >= 11 is 0. The Morgan fingerprint density at radius 3 is 2.09 bits per heavy atom. The number of nitrogens with zero attached hydrogens (tertiary/aromatic N) is 1. The Labute approximate surface area is 132 Å². The molecule has 0 N–H and O–H groups in total. The summed E-state index contributed by atoms with van der Waals surface area (Å²) < 4.78 is 43.4. The molecule has 0 amide bonds. The molecule has 2 atom stereocenters. The number of benzene rings is 1. The SMILES string of the molecule is COc1cc(C)c(S(=O)(=O)N2C[C@@H](C)O[C@@H](C)C2)cc1OC. The predicted octanol–water partition coefficient (Wildman–Crippen LogP) is 1.81. The van der Waals surface area contributed by atoms with Crippen molar-refractivity contribution in [3.8, 4) is 11.5 Å². The Hall–Kier alpha value is -1.31. The second-order valence-corrected chi connectivity index (χ2v) is 7.46. The number of aryl methyl sites for hydroxylation is 1. The number of sulfonamides is 1. The highest BCUT2D eigenvalue weighted by atomic mass is 32.2. The molecule has 0 aromatic heterocycles. The number of methoxy groups -OCH3 is 2. The molecule has 1 fully saturated rings. The van der Waals surface area contributed by atoms with Gasteiger partial charge in [0.1, 0.15) is 0 Å². The van der Waals surface area contributed by atoms with Crippen LogP contribution in [0, 0.1) is 6.92 Å². The fourth-order valence-electron chi connectivity index (χ4n) is 2.71. The molecule has 7 heteroatoms. The zero-order valence-corrected chi connectivity index (χ0v) is 14.4. The van der Waals surface area contributed by atoms with Crippen LogP contribution in [-0.2, 0) is 14.8 Å². The molecule has 0 saturated carbocycles. The predicted molar refractivity (Wildman–Crippen MR) is 83.1 cm³/mol. The number of hydrogen-bond donors (Lipinski definition) is 0. The van der Waals surface area contributed by atoms with E-state index in [0.29, 0.717) is 30.2 Å².